The summed E-state index contributed by atoms with van der Waals surface area (Å²) < 4.78 is 56.1. The molecule has 2 aromatic rings. The van der Waals surface area contributed by atoms with Gasteiger partial charge in [0.25, 0.3) is 5.91 Å². The lowest BCUT2D eigenvalue weighted by molar-refractivity contribution is -0.137. The van der Waals surface area contributed by atoms with Gasteiger partial charge in [-0.3, -0.25) is 9.59 Å². The Morgan fingerprint density at radius 1 is 1.14 bits per heavy atom. The van der Waals surface area contributed by atoms with Gasteiger partial charge in [-0.05, 0) is 42.7 Å². The summed E-state index contributed by atoms with van der Waals surface area (Å²) in [5.41, 5.74) is -1.70. The number of alkyl halides is 3. The lowest BCUT2D eigenvalue weighted by Crippen LogP contribution is -2.55. The van der Waals surface area contributed by atoms with Crippen LogP contribution in [0.5, 0.6) is 11.5 Å². The molecule has 0 spiro atoms. The molecule has 0 fully saturated rings. The summed E-state index contributed by atoms with van der Waals surface area (Å²) in [5.74, 6) is -2.60. The second-order valence-corrected chi connectivity index (χ2v) is 8.86. The van der Waals surface area contributed by atoms with Gasteiger partial charge >= 0.3 is 19.3 Å². The van der Waals surface area contributed by atoms with Crippen LogP contribution in [0.15, 0.2) is 36.4 Å². The van der Waals surface area contributed by atoms with E-state index in [1.54, 1.807) is 6.07 Å². The first-order chi connectivity index (χ1) is 16.9. The van der Waals surface area contributed by atoms with Gasteiger partial charge in [-0.25, -0.2) is 4.79 Å². The quantitative estimate of drug-likeness (QED) is 0.506. The highest BCUT2D eigenvalue weighted by molar-refractivity contribution is 6.51. The maximum atomic E-state index is 13.3. The van der Waals surface area contributed by atoms with Crippen LogP contribution >= 0.6 is 11.6 Å². The Balaban J connectivity index is 1.71. The summed E-state index contributed by atoms with van der Waals surface area (Å²) in [4.78, 5) is 37.5. The fraction of sp³-hybridized carbons (Fsp3) is 0.348. The summed E-state index contributed by atoms with van der Waals surface area (Å²) >= 11 is 5.75. The van der Waals surface area contributed by atoms with Crippen molar-refractivity contribution in [3.63, 3.8) is 0 Å². The van der Waals surface area contributed by atoms with E-state index < -0.39 is 54.7 Å². The van der Waals surface area contributed by atoms with Crippen molar-refractivity contribution in [2.24, 2.45) is 5.92 Å². The van der Waals surface area contributed by atoms with Gasteiger partial charge in [0.15, 0.2) is 0 Å². The van der Waals surface area contributed by atoms with Crippen LogP contribution in [-0.4, -0.2) is 44.5 Å². The van der Waals surface area contributed by atoms with Gasteiger partial charge in [-0.1, -0.05) is 25.4 Å². The number of carbonyl (C=O) groups is 3. The van der Waals surface area contributed by atoms with Crippen molar-refractivity contribution >= 4 is 36.5 Å². The SMILES string of the molecule is COc1ccc2c(c1)OB([C@H](CC(C)C)NC(=O)CNC(=O)c1cc(Cl)ccc1C(F)(F)F)OC2=O. The number of hydrogen-bond donors (Lipinski definition) is 2. The smallest absolute Gasteiger partial charge is 0.524 e. The molecule has 0 aromatic heterocycles. The molecular formula is C23H23BClF3N2O6. The lowest BCUT2D eigenvalue weighted by atomic mass is 9.72. The van der Waals surface area contributed by atoms with Gasteiger partial charge in [0.05, 0.1) is 36.3 Å². The molecule has 1 atom stereocenters. The zero-order valence-corrected chi connectivity index (χ0v) is 20.3. The minimum atomic E-state index is -4.79. The summed E-state index contributed by atoms with van der Waals surface area (Å²) in [6.07, 6.45) is -4.45. The third-order valence-corrected chi connectivity index (χ3v) is 5.45. The number of ether oxygens (including phenoxy) is 1. The van der Waals surface area contributed by atoms with E-state index in [2.05, 4.69) is 10.6 Å². The molecule has 0 unspecified atom stereocenters. The van der Waals surface area contributed by atoms with Crippen molar-refractivity contribution in [1.29, 1.82) is 0 Å². The van der Waals surface area contributed by atoms with E-state index in [1.165, 1.54) is 19.2 Å². The molecule has 0 saturated carbocycles. The fourth-order valence-electron chi connectivity index (χ4n) is 3.59. The van der Waals surface area contributed by atoms with Crippen molar-refractivity contribution in [1.82, 2.24) is 10.6 Å². The monoisotopic (exact) mass is 526 g/mol. The second-order valence-electron chi connectivity index (χ2n) is 8.43. The average Bonchev–Trinajstić information content (AvgIpc) is 2.80. The maximum Gasteiger partial charge on any atom is 0.620 e. The Kier molecular flexibility index (Phi) is 8.39. The van der Waals surface area contributed by atoms with E-state index in [1.807, 2.05) is 13.8 Å². The van der Waals surface area contributed by atoms with Gasteiger partial charge in [0, 0.05) is 11.1 Å². The number of fused-ring (bicyclic) bond motifs is 1. The topological polar surface area (TPSA) is 103 Å². The van der Waals surface area contributed by atoms with Crippen LogP contribution in [0.3, 0.4) is 0 Å². The van der Waals surface area contributed by atoms with Crippen molar-refractivity contribution in [2.75, 3.05) is 13.7 Å². The average molecular weight is 527 g/mol. The zero-order valence-electron chi connectivity index (χ0n) is 19.6. The molecule has 2 N–H and O–H groups in total. The minimum Gasteiger partial charge on any atom is -0.524 e. The number of nitrogens with one attached hydrogen (secondary N) is 2. The van der Waals surface area contributed by atoms with Crippen LogP contribution in [0.2, 0.25) is 5.02 Å². The molecule has 0 saturated heterocycles. The van der Waals surface area contributed by atoms with E-state index in [0.29, 0.717) is 18.2 Å². The number of halogens is 4. The van der Waals surface area contributed by atoms with Crippen molar-refractivity contribution in [3.05, 3.63) is 58.1 Å². The summed E-state index contributed by atoms with van der Waals surface area (Å²) in [7, 11) is 0.279. The van der Waals surface area contributed by atoms with Gasteiger partial charge < -0.3 is 24.7 Å². The Hall–Kier alpha value is -3.41. The zero-order chi connectivity index (χ0) is 26.6. The molecule has 0 bridgehead atoms. The normalized spacial score (nSPS) is 13.9. The van der Waals surface area contributed by atoms with Gasteiger partial charge in [0.1, 0.15) is 11.5 Å². The minimum absolute atomic E-state index is 0.0414. The number of carbonyl (C=O) groups excluding carboxylic acids is 3. The van der Waals surface area contributed by atoms with Crippen LogP contribution in [0.25, 0.3) is 0 Å². The predicted molar refractivity (Wildman–Crippen MR) is 125 cm³/mol. The van der Waals surface area contributed by atoms with Crippen LogP contribution in [0.4, 0.5) is 13.2 Å². The van der Waals surface area contributed by atoms with Crippen LogP contribution in [-0.2, 0) is 15.6 Å². The molecular weight excluding hydrogens is 504 g/mol. The van der Waals surface area contributed by atoms with E-state index in [0.717, 1.165) is 12.1 Å². The van der Waals surface area contributed by atoms with Crippen LogP contribution < -0.4 is 20.0 Å². The third-order valence-electron chi connectivity index (χ3n) is 5.22. The van der Waals surface area contributed by atoms with Crippen molar-refractivity contribution < 1.29 is 41.6 Å². The molecule has 2 amide bonds. The molecule has 3 rings (SSSR count). The highest BCUT2D eigenvalue weighted by Gasteiger charge is 2.42. The Labute approximate surface area is 210 Å². The van der Waals surface area contributed by atoms with E-state index in [4.69, 9.17) is 25.6 Å². The number of rotatable bonds is 8. The standard InChI is InChI=1S/C23H23BClF3N2O6/c1-12(2)8-19(24-35-18-10-14(34-3)5-6-15(18)22(33)36-24)30-20(31)11-29-21(32)16-9-13(25)4-7-17(16)23(26,27)28/h4-7,9-10,12,19H,8,11H2,1-3H3,(H,29,32)(H,30,31)/t19-/m0/s1. The summed E-state index contributed by atoms with van der Waals surface area (Å²) in [6, 6.07) is 7.16. The van der Waals surface area contributed by atoms with Crippen LogP contribution in [0.1, 0.15) is 46.5 Å². The van der Waals surface area contributed by atoms with Gasteiger partial charge in [-0.15, -0.1) is 0 Å². The molecule has 1 aliphatic heterocycles. The first kappa shape index (κ1) is 27.2. The molecule has 13 heteroatoms. The van der Waals surface area contributed by atoms with Crippen molar-refractivity contribution in [2.45, 2.75) is 32.4 Å². The van der Waals surface area contributed by atoms with Gasteiger partial charge in [-0.2, -0.15) is 13.2 Å². The first-order valence-electron chi connectivity index (χ1n) is 10.9. The van der Waals surface area contributed by atoms with Gasteiger partial charge in [0.2, 0.25) is 5.91 Å². The second kappa shape index (κ2) is 11.1. The maximum absolute atomic E-state index is 13.3. The van der Waals surface area contributed by atoms with E-state index in [9.17, 15) is 27.6 Å². The number of hydrogen-bond acceptors (Lipinski definition) is 6. The Morgan fingerprint density at radius 2 is 1.86 bits per heavy atom. The Morgan fingerprint density at radius 3 is 2.50 bits per heavy atom. The lowest BCUT2D eigenvalue weighted by Gasteiger charge is -2.29. The summed E-state index contributed by atoms with van der Waals surface area (Å²) in [5, 5.41) is 4.72. The number of amides is 2. The molecule has 1 heterocycles. The molecule has 192 valence electrons. The largest absolute Gasteiger partial charge is 0.620 e. The predicted octanol–water partition coefficient (Wildman–Crippen LogP) is 3.90. The molecule has 2 aromatic carbocycles. The van der Waals surface area contributed by atoms with Crippen molar-refractivity contribution in [3.8, 4) is 11.5 Å². The fourth-order valence-corrected chi connectivity index (χ4v) is 3.76. The third kappa shape index (κ3) is 6.63. The van der Waals surface area contributed by atoms with E-state index in [-0.39, 0.29) is 22.3 Å². The van der Waals surface area contributed by atoms with E-state index >= 15 is 0 Å². The van der Waals surface area contributed by atoms with Crippen LogP contribution in [0, 0.1) is 5.92 Å². The Bertz CT molecular complexity index is 1160. The molecule has 8 nitrogen and oxygen atoms in total. The highest BCUT2D eigenvalue weighted by Crippen LogP contribution is 2.33. The molecule has 0 aliphatic carbocycles. The first-order valence-corrected chi connectivity index (χ1v) is 11.3. The highest BCUT2D eigenvalue weighted by atomic mass is 35.5. The molecule has 1 aliphatic rings. The number of methoxy groups -OCH3 is 1. The molecule has 0 radical (unpaired) electrons. The number of benzene rings is 2. The molecule has 36 heavy (non-hydrogen) atoms. The summed E-state index contributed by atoms with van der Waals surface area (Å²) in [6.45, 7) is 3.11.